The number of rotatable bonds is 9. The van der Waals surface area contributed by atoms with E-state index >= 15 is 0 Å². The summed E-state index contributed by atoms with van der Waals surface area (Å²) in [5.74, 6) is 0.209. The molecule has 1 unspecified atom stereocenters. The van der Waals surface area contributed by atoms with Crippen molar-refractivity contribution in [1.29, 1.82) is 0 Å². The molecule has 1 aliphatic rings. The average molecular weight is 474 g/mol. The zero-order valence-electron chi connectivity index (χ0n) is 20.1. The third-order valence-corrected chi connectivity index (χ3v) is 5.28. The van der Waals surface area contributed by atoms with Crippen molar-refractivity contribution < 1.29 is 34.1 Å². The maximum atomic E-state index is 11.9. The van der Waals surface area contributed by atoms with Crippen LogP contribution < -0.4 is 4.74 Å². The van der Waals surface area contributed by atoms with Gasteiger partial charge in [0.05, 0.1) is 45.1 Å². The molecule has 0 amide bonds. The van der Waals surface area contributed by atoms with Crippen LogP contribution in [0.1, 0.15) is 44.2 Å². The normalized spacial score (nSPS) is 21.1. The van der Waals surface area contributed by atoms with Crippen molar-refractivity contribution >= 4 is 6.16 Å². The minimum Gasteiger partial charge on any atom is -0.494 e. The maximum Gasteiger partial charge on any atom is 0.528 e. The zero-order chi connectivity index (χ0) is 24.6. The van der Waals surface area contributed by atoms with Gasteiger partial charge in [-0.15, -0.1) is 5.06 Å². The van der Waals surface area contributed by atoms with E-state index in [1.165, 1.54) is 5.06 Å². The molecular weight excluding hydrogens is 438 g/mol. The Balaban J connectivity index is 1.41. The topological polar surface area (TPSA) is 97.7 Å². The number of aliphatic hydroxyl groups excluding tert-OH is 2. The minimum atomic E-state index is -0.917. The van der Waals surface area contributed by atoms with Crippen LogP contribution in [0.25, 0.3) is 0 Å². The van der Waals surface area contributed by atoms with Crippen LogP contribution in [0.4, 0.5) is 4.79 Å². The van der Waals surface area contributed by atoms with E-state index in [-0.39, 0.29) is 13.1 Å². The Labute approximate surface area is 201 Å². The Morgan fingerprint density at radius 1 is 0.971 bits per heavy atom. The van der Waals surface area contributed by atoms with E-state index in [0.29, 0.717) is 25.6 Å². The lowest BCUT2D eigenvalue weighted by Gasteiger charge is -2.38. The number of carbonyl (C=O) groups is 1. The summed E-state index contributed by atoms with van der Waals surface area (Å²) in [7, 11) is 0. The molecule has 3 atom stereocenters. The van der Waals surface area contributed by atoms with Crippen molar-refractivity contribution in [3.05, 3.63) is 65.7 Å². The number of carbonyl (C=O) groups excluding carboxylic acids is 1. The van der Waals surface area contributed by atoms with Gasteiger partial charge in [-0.2, -0.15) is 0 Å². The molecule has 0 radical (unpaired) electrons. The summed E-state index contributed by atoms with van der Waals surface area (Å²) in [4.78, 5) is 17.0. The molecule has 0 aromatic heterocycles. The van der Waals surface area contributed by atoms with Gasteiger partial charge < -0.3 is 29.3 Å². The van der Waals surface area contributed by atoms with E-state index in [0.717, 1.165) is 17.5 Å². The summed E-state index contributed by atoms with van der Waals surface area (Å²) in [6.07, 6.45) is -1.93. The maximum absolute atomic E-state index is 11.9. The first kappa shape index (κ1) is 26.0. The molecule has 1 saturated heterocycles. The molecule has 0 spiro atoms. The van der Waals surface area contributed by atoms with E-state index in [1.54, 1.807) is 20.8 Å². The summed E-state index contributed by atoms with van der Waals surface area (Å²) < 4.78 is 16.5. The van der Waals surface area contributed by atoms with Crippen LogP contribution in [0.5, 0.6) is 5.75 Å². The van der Waals surface area contributed by atoms with Gasteiger partial charge in [0.15, 0.2) is 0 Å². The van der Waals surface area contributed by atoms with Crippen LogP contribution >= 0.6 is 0 Å². The predicted molar refractivity (Wildman–Crippen MR) is 126 cm³/mol. The van der Waals surface area contributed by atoms with E-state index < -0.39 is 29.9 Å². The predicted octanol–water partition coefficient (Wildman–Crippen LogP) is 3.66. The number of benzene rings is 2. The first-order valence-electron chi connectivity index (χ1n) is 11.6. The van der Waals surface area contributed by atoms with Crippen molar-refractivity contribution in [1.82, 2.24) is 5.06 Å². The molecule has 34 heavy (non-hydrogen) atoms. The molecule has 1 aliphatic heterocycles. The molecule has 0 aliphatic carbocycles. The number of nitrogens with zero attached hydrogens (tertiary/aromatic N) is 1. The highest BCUT2D eigenvalue weighted by Gasteiger charge is 2.38. The molecule has 1 fully saturated rings. The monoisotopic (exact) mass is 473 g/mol. The molecule has 8 heteroatoms. The smallest absolute Gasteiger partial charge is 0.494 e. The fourth-order valence-electron chi connectivity index (χ4n) is 3.77. The summed E-state index contributed by atoms with van der Waals surface area (Å²) in [6, 6.07) is 17.3. The molecule has 1 heterocycles. The van der Waals surface area contributed by atoms with E-state index in [9.17, 15) is 15.0 Å². The Morgan fingerprint density at radius 2 is 1.62 bits per heavy atom. The van der Waals surface area contributed by atoms with Crippen LogP contribution in [-0.2, 0) is 20.9 Å². The summed E-state index contributed by atoms with van der Waals surface area (Å²) in [5.41, 5.74) is 1.24. The second kappa shape index (κ2) is 12.2. The van der Waals surface area contributed by atoms with Crippen LogP contribution in [0.3, 0.4) is 0 Å². The number of hydrogen-bond donors (Lipinski definition) is 2. The molecule has 2 N–H and O–H groups in total. The van der Waals surface area contributed by atoms with Crippen molar-refractivity contribution in [2.75, 3.05) is 26.3 Å². The van der Waals surface area contributed by atoms with Crippen molar-refractivity contribution in [3.63, 3.8) is 0 Å². The molecular formula is C26H35NO7. The van der Waals surface area contributed by atoms with E-state index in [1.807, 2.05) is 54.6 Å². The van der Waals surface area contributed by atoms with E-state index in [2.05, 4.69) is 0 Å². The van der Waals surface area contributed by atoms with Crippen molar-refractivity contribution in [3.8, 4) is 5.75 Å². The number of β-amino-alcohol motifs (C(OH)–C–C–N with tert-alkyl or cyclic N) is 2. The molecule has 0 saturated carbocycles. The third-order valence-electron chi connectivity index (χ3n) is 5.28. The van der Waals surface area contributed by atoms with Gasteiger partial charge in [-0.3, -0.25) is 0 Å². The summed E-state index contributed by atoms with van der Waals surface area (Å²) in [5, 5.41) is 22.4. The SMILES string of the molecule is CC(C)(C)OC(=O)ON1C[C@@H](O)C(c2ccc(OCCCOCc3ccccc3)cc2)[C@@H](O)C1. The van der Waals surface area contributed by atoms with Crippen LogP contribution in [-0.4, -0.2) is 65.5 Å². The first-order valence-corrected chi connectivity index (χ1v) is 11.6. The highest BCUT2D eigenvalue weighted by atomic mass is 16.8. The lowest BCUT2D eigenvalue weighted by Crippen LogP contribution is -2.51. The fourth-order valence-corrected chi connectivity index (χ4v) is 3.77. The first-order chi connectivity index (χ1) is 16.2. The third kappa shape index (κ3) is 8.29. The highest BCUT2D eigenvalue weighted by Crippen LogP contribution is 2.30. The van der Waals surface area contributed by atoms with Crippen molar-refractivity contribution in [2.24, 2.45) is 0 Å². The standard InChI is InChI=1S/C26H35NO7/c1-26(2,3)33-25(30)34-27-16-22(28)24(23(29)17-27)20-10-12-21(13-11-20)32-15-7-14-31-18-19-8-5-4-6-9-19/h4-6,8-13,22-24,28-29H,7,14-18H2,1-3H3/t22-,23+,24?. The number of ether oxygens (including phenoxy) is 3. The summed E-state index contributed by atoms with van der Waals surface area (Å²) >= 11 is 0. The molecule has 0 bridgehead atoms. The Kier molecular flexibility index (Phi) is 9.29. The van der Waals surface area contributed by atoms with Gasteiger partial charge in [-0.05, 0) is 44.0 Å². The quantitative estimate of drug-likeness (QED) is 0.421. The Hall–Kier alpha value is -2.65. The van der Waals surface area contributed by atoms with Gasteiger partial charge in [0.25, 0.3) is 0 Å². The Bertz CT molecular complexity index is 870. The van der Waals surface area contributed by atoms with Gasteiger partial charge in [0.2, 0.25) is 0 Å². The van der Waals surface area contributed by atoms with E-state index in [4.69, 9.17) is 19.0 Å². The number of piperidine rings is 1. The van der Waals surface area contributed by atoms with Crippen LogP contribution in [0.15, 0.2) is 54.6 Å². The number of hydrogen-bond acceptors (Lipinski definition) is 8. The van der Waals surface area contributed by atoms with Gasteiger partial charge in [-0.1, -0.05) is 42.5 Å². The summed E-state index contributed by atoms with van der Waals surface area (Å²) in [6.45, 7) is 7.06. The lowest BCUT2D eigenvalue weighted by molar-refractivity contribution is -0.191. The van der Waals surface area contributed by atoms with Gasteiger partial charge in [0, 0.05) is 12.3 Å². The highest BCUT2D eigenvalue weighted by molar-refractivity contribution is 5.60. The Morgan fingerprint density at radius 3 is 2.24 bits per heavy atom. The second-order valence-electron chi connectivity index (χ2n) is 9.37. The fraction of sp³-hybridized carbons (Fsp3) is 0.500. The largest absolute Gasteiger partial charge is 0.528 e. The van der Waals surface area contributed by atoms with Crippen LogP contribution in [0, 0.1) is 0 Å². The van der Waals surface area contributed by atoms with Crippen LogP contribution in [0.2, 0.25) is 0 Å². The molecule has 8 nitrogen and oxygen atoms in total. The molecule has 2 aromatic carbocycles. The molecule has 3 rings (SSSR count). The van der Waals surface area contributed by atoms with Crippen molar-refractivity contribution in [2.45, 2.75) is 57.5 Å². The number of aliphatic hydroxyl groups is 2. The minimum absolute atomic E-state index is 0.0716. The number of hydroxylamine groups is 2. The molecule has 186 valence electrons. The van der Waals surface area contributed by atoms with Gasteiger partial charge in [0.1, 0.15) is 11.4 Å². The average Bonchev–Trinajstić information content (AvgIpc) is 2.76. The molecule has 2 aromatic rings. The van der Waals surface area contributed by atoms with Gasteiger partial charge >= 0.3 is 6.16 Å². The lowest BCUT2D eigenvalue weighted by atomic mass is 9.85. The second-order valence-corrected chi connectivity index (χ2v) is 9.37. The van der Waals surface area contributed by atoms with Gasteiger partial charge in [-0.25, -0.2) is 4.79 Å². The zero-order valence-corrected chi connectivity index (χ0v) is 20.1.